The van der Waals surface area contributed by atoms with Gasteiger partial charge in [-0.25, -0.2) is 4.39 Å². The summed E-state index contributed by atoms with van der Waals surface area (Å²) < 4.78 is 21.9. The Balaban J connectivity index is 2.12. The molecule has 2 aromatic rings. The largest absolute Gasteiger partial charge is 0.463 e. The molecule has 0 saturated carbocycles. The quantitative estimate of drug-likeness (QED) is 0.609. The van der Waals surface area contributed by atoms with Crippen LogP contribution in [-0.2, 0) is 0 Å². The molecule has 0 saturated heterocycles. The number of alkyl halides is 1. The van der Waals surface area contributed by atoms with Crippen LogP contribution in [0, 0.1) is 10.1 Å². The molecule has 0 spiro atoms. The monoisotopic (exact) mass is 265 g/mol. The molecular weight excluding hydrogens is 257 g/mol. The third-order valence-corrected chi connectivity index (χ3v) is 2.06. The Hall–Kier alpha value is -2.77. The van der Waals surface area contributed by atoms with E-state index in [1.165, 1.54) is 6.07 Å². The van der Waals surface area contributed by atoms with Crippen LogP contribution in [0.3, 0.4) is 0 Å². The molecule has 7 nitrogen and oxygen atoms in total. The molecule has 0 aliphatic rings. The molecule has 1 aromatic heterocycles. The summed E-state index contributed by atoms with van der Waals surface area (Å²) >= 11 is 0. The maximum atomic E-state index is 12.0. The van der Waals surface area contributed by atoms with Gasteiger partial charge in [-0.05, 0) is 12.1 Å². The fourth-order valence-corrected chi connectivity index (χ4v) is 1.25. The predicted molar refractivity (Wildman–Crippen MR) is 61.8 cm³/mol. The number of hydrogen-bond acceptors (Lipinski definition) is 6. The van der Waals surface area contributed by atoms with Gasteiger partial charge >= 0.3 is 11.7 Å². The van der Waals surface area contributed by atoms with E-state index in [0.29, 0.717) is 11.5 Å². The van der Waals surface area contributed by atoms with E-state index in [1.807, 2.05) is 0 Å². The van der Waals surface area contributed by atoms with Crippen molar-refractivity contribution in [3.63, 3.8) is 0 Å². The van der Waals surface area contributed by atoms with Crippen molar-refractivity contribution in [2.45, 2.75) is 0 Å². The Bertz CT molecular complexity index is 576. The summed E-state index contributed by atoms with van der Waals surface area (Å²) in [6, 6.07) is 6.15. The van der Waals surface area contributed by atoms with Gasteiger partial charge in [0.15, 0.2) is 0 Å². The summed E-state index contributed by atoms with van der Waals surface area (Å²) in [5.74, 6) is 0.627. The maximum absolute atomic E-state index is 12.0. The van der Waals surface area contributed by atoms with E-state index in [0.717, 1.165) is 12.4 Å². The van der Waals surface area contributed by atoms with Gasteiger partial charge in [-0.1, -0.05) is 6.07 Å². The van der Waals surface area contributed by atoms with Crippen LogP contribution in [-0.4, -0.2) is 21.8 Å². The zero-order valence-corrected chi connectivity index (χ0v) is 9.52. The number of rotatable bonds is 5. The SMILES string of the molecule is O=[N+]([O-])c1cnc(Oc2cccc(OCF)c2)nc1. The summed E-state index contributed by atoms with van der Waals surface area (Å²) in [6.45, 7) is -0.947. The molecule has 0 bridgehead atoms. The van der Waals surface area contributed by atoms with Gasteiger partial charge in [-0.3, -0.25) is 10.1 Å². The number of benzene rings is 1. The third kappa shape index (κ3) is 3.35. The van der Waals surface area contributed by atoms with Gasteiger partial charge < -0.3 is 9.47 Å². The molecule has 0 atom stereocenters. The van der Waals surface area contributed by atoms with Crippen molar-refractivity contribution in [2.75, 3.05) is 6.86 Å². The van der Waals surface area contributed by atoms with Crippen LogP contribution in [0.15, 0.2) is 36.7 Å². The fourth-order valence-electron chi connectivity index (χ4n) is 1.25. The number of nitro groups is 1. The molecule has 2 rings (SSSR count). The topological polar surface area (TPSA) is 87.4 Å². The average Bonchev–Trinajstić information content (AvgIpc) is 2.40. The smallest absolute Gasteiger partial charge is 0.322 e. The third-order valence-electron chi connectivity index (χ3n) is 2.06. The maximum Gasteiger partial charge on any atom is 0.322 e. The van der Waals surface area contributed by atoms with E-state index in [4.69, 9.17) is 4.74 Å². The van der Waals surface area contributed by atoms with Crippen molar-refractivity contribution in [3.05, 3.63) is 46.8 Å². The summed E-state index contributed by atoms with van der Waals surface area (Å²) in [5, 5.41) is 10.4. The molecule has 0 amide bonds. The van der Waals surface area contributed by atoms with E-state index in [2.05, 4.69) is 14.7 Å². The first-order valence-corrected chi connectivity index (χ1v) is 5.12. The minimum absolute atomic E-state index is 0.0528. The van der Waals surface area contributed by atoms with Crippen molar-refractivity contribution in [1.82, 2.24) is 9.97 Å². The van der Waals surface area contributed by atoms with E-state index < -0.39 is 11.8 Å². The molecule has 0 radical (unpaired) electrons. The summed E-state index contributed by atoms with van der Waals surface area (Å²) in [6.07, 6.45) is 2.06. The Labute approximate surface area is 106 Å². The number of nitrogens with zero attached hydrogens (tertiary/aromatic N) is 3. The highest BCUT2D eigenvalue weighted by Gasteiger charge is 2.08. The molecule has 8 heteroatoms. The van der Waals surface area contributed by atoms with E-state index in [1.54, 1.807) is 18.2 Å². The zero-order chi connectivity index (χ0) is 13.7. The van der Waals surface area contributed by atoms with Gasteiger partial charge in [0.1, 0.15) is 23.9 Å². The van der Waals surface area contributed by atoms with Crippen LogP contribution in [0.25, 0.3) is 0 Å². The van der Waals surface area contributed by atoms with Crippen molar-refractivity contribution < 1.29 is 18.8 Å². The minimum Gasteiger partial charge on any atom is -0.463 e. The molecule has 0 N–H and O–H groups in total. The molecule has 0 aliphatic carbocycles. The van der Waals surface area contributed by atoms with Gasteiger partial charge in [0, 0.05) is 6.07 Å². The lowest BCUT2D eigenvalue weighted by Gasteiger charge is -2.05. The Morgan fingerprint density at radius 1 is 1.26 bits per heavy atom. The average molecular weight is 265 g/mol. The summed E-state index contributed by atoms with van der Waals surface area (Å²) in [5.41, 5.74) is -0.234. The van der Waals surface area contributed by atoms with E-state index in [-0.39, 0.29) is 11.7 Å². The highest BCUT2D eigenvalue weighted by Crippen LogP contribution is 2.23. The normalized spacial score (nSPS) is 9.95. The molecule has 1 aromatic carbocycles. The highest BCUT2D eigenvalue weighted by molar-refractivity contribution is 5.34. The summed E-state index contributed by atoms with van der Waals surface area (Å²) in [7, 11) is 0. The lowest BCUT2D eigenvalue weighted by atomic mass is 10.3. The number of aromatic nitrogens is 2. The van der Waals surface area contributed by atoms with Crippen molar-refractivity contribution >= 4 is 5.69 Å². The number of ether oxygens (including phenoxy) is 2. The molecule has 0 aliphatic heterocycles. The molecule has 0 fully saturated rings. The van der Waals surface area contributed by atoms with Crippen molar-refractivity contribution in [3.8, 4) is 17.5 Å². The fraction of sp³-hybridized carbons (Fsp3) is 0.0909. The molecule has 0 unspecified atom stereocenters. The van der Waals surface area contributed by atoms with Crippen LogP contribution in [0.5, 0.6) is 17.5 Å². The van der Waals surface area contributed by atoms with E-state index >= 15 is 0 Å². The second kappa shape index (κ2) is 5.71. The van der Waals surface area contributed by atoms with Gasteiger partial charge in [-0.15, -0.1) is 0 Å². The first-order valence-electron chi connectivity index (χ1n) is 5.12. The first-order chi connectivity index (χ1) is 9.19. The summed E-state index contributed by atoms with van der Waals surface area (Å²) in [4.78, 5) is 17.2. The van der Waals surface area contributed by atoms with Gasteiger partial charge in [0.05, 0.1) is 4.92 Å². The number of halogens is 1. The minimum atomic E-state index is -0.947. The standard InChI is InChI=1S/C11H8FN3O4/c12-7-18-9-2-1-3-10(4-9)19-11-13-5-8(6-14-11)15(16)17/h1-6H,7H2. The second-order valence-electron chi connectivity index (χ2n) is 3.31. The molecular formula is C11H8FN3O4. The lowest BCUT2D eigenvalue weighted by molar-refractivity contribution is -0.385. The van der Waals surface area contributed by atoms with Crippen LogP contribution >= 0.6 is 0 Å². The van der Waals surface area contributed by atoms with Crippen molar-refractivity contribution in [1.29, 1.82) is 0 Å². The lowest BCUT2D eigenvalue weighted by Crippen LogP contribution is -1.95. The van der Waals surface area contributed by atoms with Crippen LogP contribution in [0.1, 0.15) is 0 Å². The molecule has 98 valence electrons. The number of hydrogen-bond donors (Lipinski definition) is 0. The van der Waals surface area contributed by atoms with Crippen molar-refractivity contribution in [2.24, 2.45) is 0 Å². The highest BCUT2D eigenvalue weighted by atomic mass is 19.1. The molecule has 19 heavy (non-hydrogen) atoms. The predicted octanol–water partition coefficient (Wildman–Crippen LogP) is 2.48. The van der Waals surface area contributed by atoms with Crippen LogP contribution in [0.2, 0.25) is 0 Å². The van der Waals surface area contributed by atoms with Gasteiger partial charge in [0.25, 0.3) is 0 Å². The second-order valence-corrected chi connectivity index (χ2v) is 3.31. The van der Waals surface area contributed by atoms with E-state index in [9.17, 15) is 14.5 Å². The Morgan fingerprint density at radius 2 is 1.95 bits per heavy atom. The van der Waals surface area contributed by atoms with Gasteiger partial charge in [0.2, 0.25) is 6.86 Å². The Kier molecular flexibility index (Phi) is 3.81. The van der Waals surface area contributed by atoms with Gasteiger partial charge in [-0.2, -0.15) is 9.97 Å². The molecule has 1 heterocycles. The zero-order valence-electron chi connectivity index (χ0n) is 9.52. The van der Waals surface area contributed by atoms with Crippen LogP contribution < -0.4 is 9.47 Å². The Morgan fingerprint density at radius 3 is 2.58 bits per heavy atom. The first kappa shape index (κ1) is 12.7. The van der Waals surface area contributed by atoms with Crippen LogP contribution in [0.4, 0.5) is 10.1 Å².